The molecule has 25 heavy (non-hydrogen) atoms. The first-order valence-electron chi connectivity index (χ1n) is 7.18. The van der Waals surface area contributed by atoms with Gasteiger partial charge in [-0.2, -0.15) is 0 Å². The minimum atomic E-state index is -4.13. The molecule has 1 atom stereocenters. The molecule has 0 radical (unpaired) electrons. The molecule has 0 aromatic heterocycles. The number of nitrogens with zero attached hydrogens (tertiary/aromatic N) is 1. The van der Waals surface area contributed by atoms with E-state index in [0.29, 0.717) is 0 Å². The molecule has 0 aliphatic heterocycles. The fraction of sp³-hybridized carbons (Fsp3) is 0.375. The molecule has 0 bridgehead atoms. The third-order valence-corrected chi connectivity index (χ3v) is 4.88. The molecule has 0 aliphatic rings. The number of hydrogen-bond donors (Lipinski definition) is 1. The average Bonchev–Trinajstić information content (AvgIpc) is 2.63. The van der Waals surface area contributed by atoms with Crippen molar-refractivity contribution in [1.82, 2.24) is 4.47 Å². The lowest BCUT2D eigenvalue weighted by atomic mass is 10.1. The van der Waals surface area contributed by atoms with E-state index in [4.69, 9.17) is 0 Å². The van der Waals surface area contributed by atoms with Crippen LogP contribution in [0.15, 0.2) is 35.2 Å². The average molecular weight is 369 g/mol. The van der Waals surface area contributed by atoms with E-state index in [9.17, 15) is 23.2 Å². The predicted octanol–water partition coefficient (Wildman–Crippen LogP) is 0.811. The van der Waals surface area contributed by atoms with Crippen molar-refractivity contribution in [3.8, 4) is 11.8 Å². The van der Waals surface area contributed by atoms with E-state index in [0.717, 1.165) is 14.2 Å². The van der Waals surface area contributed by atoms with Gasteiger partial charge in [0.25, 0.3) is 10.0 Å². The highest BCUT2D eigenvalue weighted by Gasteiger charge is 2.29. The number of carbonyl (C=O) groups excluding carboxylic acids is 2. The lowest BCUT2D eigenvalue weighted by molar-refractivity contribution is -0.158. The number of ether oxygens (including phenoxy) is 2. The number of rotatable bonds is 6. The summed E-state index contributed by atoms with van der Waals surface area (Å²) in [5.41, 5.74) is 0. The first-order valence-corrected chi connectivity index (χ1v) is 8.62. The summed E-state index contributed by atoms with van der Waals surface area (Å²) in [7, 11) is -1.89. The molecule has 0 fully saturated rings. The number of carbonyl (C=O) groups is 2. The zero-order valence-corrected chi connectivity index (χ0v) is 14.8. The van der Waals surface area contributed by atoms with Crippen LogP contribution in [0.4, 0.5) is 0 Å². The molecular formula is C16H19NO7S. The maximum atomic E-state index is 12.2. The minimum absolute atomic E-state index is 0.0897. The lowest BCUT2D eigenvalue weighted by Crippen LogP contribution is -2.34. The van der Waals surface area contributed by atoms with Crippen LogP contribution >= 0.6 is 0 Å². The zero-order chi connectivity index (χ0) is 19.0. The van der Waals surface area contributed by atoms with Gasteiger partial charge in [0.1, 0.15) is 6.04 Å². The highest BCUT2D eigenvalue weighted by molar-refractivity contribution is 7.89. The van der Waals surface area contributed by atoms with Crippen molar-refractivity contribution in [2.24, 2.45) is 5.92 Å². The smallest absolute Gasteiger partial charge is 0.321 e. The number of benzene rings is 1. The summed E-state index contributed by atoms with van der Waals surface area (Å²) in [5, 5.41) is 9.93. The van der Waals surface area contributed by atoms with Crippen molar-refractivity contribution in [2.45, 2.75) is 24.3 Å². The topological polar surface area (TPSA) is 110 Å². The Bertz CT molecular complexity index is 749. The number of methoxy groups -OCH3 is 2. The van der Waals surface area contributed by atoms with Gasteiger partial charge in [0.15, 0.2) is 5.92 Å². The van der Waals surface area contributed by atoms with Crippen LogP contribution in [0.1, 0.15) is 13.3 Å². The summed E-state index contributed by atoms with van der Waals surface area (Å²) < 4.78 is 33.6. The third kappa shape index (κ3) is 5.29. The second-order valence-electron chi connectivity index (χ2n) is 4.89. The van der Waals surface area contributed by atoms with Gasteiger partial charge in [-0.1, -0.05) is 28.6 Å². The van der Waals surface area contributed by atoms with Crippen LogP contribution in [0.2, 0.25) is 0 Å². The van der Waals surface area contributed by atoms with Crippen LogP contribution in [0.5, 0.6) is 0 Å². The molecule has 1 aromatic carbocycles. The molecule has 0 saturated carbocycles. The van der Waals surface area contributed by atoms with Gasteiger partial charge in [-0.25, -0.2) is 8.42 Å². The predicted molar refractivity (Wildman–Crippen MR) is 86.6 cm³/mol. The second-order valence-corrected chi connectivity index (χ2v) is 6.69. The number of hydroxylamine groups is 1. The van der Waals surface area contributed by atoms with Crippen molar-refractivity contribution in [2.75, 3.05) is 14.2 Å². The molecule has 9 heteroatoms. The van der Waals surface area contributed by atoms with Crippen LogP contribution in [0.3, 0.4) is 0 Å². The van der Waals surface area contributed by atoms with Gasteiger partial charge >= 0.3 is 11.9 Å². The Balaban J connectivity index is 2.88. The molecule has 0 heterocycles. The first-order chi connectivity index (χ1) is 11.8. The van der Waals surface area contributed by atoms with Crippen LogP contribution in [0, 0.1) is 17.8 Å². The molecule has 0 saturated heterocycles. The molecule has 1 rings (SSSR count). The normalized spacial score (nSPS) is 12.2. The van der Waals surface area contributed by atoms with Crippen molar-refractivity contribution in [3.05, 3.63) is 30.3 Å². The molecular weight excluding hydrogens is 350 g/mol. The molecule has 8 nitrogen and oxygen atoms in total. The summed E-state index contributed by atoms with van der Waals surface area (Å²) >= 11 is 0. The Morgan fingerprint density at radius 3 is 2.16 bits per heavy atom. The van der Waals surface area contributed by atoms with Gasteiger partial charge in [0.05, 0.1) is 19.1 Å². The van der Waals surface area contributed by atoms with Gasteiger partial charge in [-0.05, 0) is 19.1 Å². The third-order valence-electron chi connectivity index (χ3n) is 3.21. The van der Waals surface area contributed by atoms with Crippen LogP contribution in [-0.2, 0) is 29.1 Å². The van der Waals surface area contributed by atoms with Crippen molar-refractivity contribution >= 4 is 22.0 Å². The van der Waals surface area contributed by atoms with Gasteiger partial charge in [-0.3, -0.25) is 14.8 Å². The quantitative estimate of drug-likeness (QED) is 0.342. The molecule has 0 spiro atoms. The monoisotopic (exact) mass is 369 g/mol. The molecule has 1 N–H and O–H groups in total. The van der Waals surface area contributed by atoms with Gasteiger partial charge < -0.3 is 9.47 Å². The Kier molecular flexibility index (Phi) is 7.57. The van der Waals surface area contributed by atoms with Crippen LogP contribution in [0.25, 0.3) is 0 Å². The fourth-order valence-electron chi connectivity index (χ4n) is 1.82. The lowest BCUT2D eigenvalue weighted by Gasteiger charge is -2.18. The van der Waals surface area contributed by atoms with E-state index in [-0.39, 0.29) is 15.8 Å². The van der Waals surface area contributed by atoms with Gasteiger partial charge in [-0.15, -0.1) is 5.92 Å². The molecule has 0 aliphatic carbocycles. The second kappa shape index (κ2) is 9.17. The summed E-state index contributed by atoms with van der Waals surface area (Å²) in [6.45, 7) is 1.36. The fourth-order valence-corrected chi connectivity index (χ4v) is 3.01. The summed E-state index contributed by atoms with van der Waals surface area (Å²) in [6, 6.07) is 6.26. The van der Waals surface area contributed by atoms with E-state index < -0.39 is 33.9 Å². The summed E-state index contributed by atoms with van der Waals surface area (Å²) in [6.07, 6.45) is -0.233. The Morgan fingerprint density at radius 1 is 1.16 bits per heavy atom. The number of esters is 2. The largest absolute Gasteiger partial charge is 0.468 e. The first kappa shape index (κ1) is 20.6. The maximum absolute atomic E-state index is 12.2. The van der Waals surface area contributed by atoms with E-state index in [1.165, 1.54) is 31.2 Å². The standard InChI is InChI=1S/C16H19NO7S/c1-12(8-7-11-14(15(18)23-2)16(19)24-3)17(20)25(21,22)13-9-5-4-6-10-13/h4-6,9-10,12,14,20H,11H2,1-3H3. The SMILES string of the molecule is COC(=O)C(CC#CC(C)N(O)S(=O)(=O)c1ccccc1)C(=O)OC. The van der Waals surface area contributed by atoms with E-state index in [2.05, 4.69) is 21.3 Å². The molecule has 1 aromatic rings. The summed E-state index contributed by atoms with van der Waals surface area (Å²) in [5.74, 6) is 2.11. The molecule has 1 unspecified atom stereocenters. The number of hydrogen-bond acceptors (Lipinski definition) is 7. The van der Waals surface area contributed by atoms with E-state index in [1.807, 2.05) is 0 Å². The molecule has 0 amide bonds. The Morgan fingerprint density at radius 2 is 1.68 bits per heavy atom. The van der Waals surface area contributed by atoms with Crippen molar-refractivity contribution in [3.63, 3.8) is 0 Å². The Labute approximate surface area is 146 Å². The minimum Gasteiger partial charge on any atom is -0.468 e. The number of sulfonamides is 1. The Hall–Kier alpha value is -2.41. The van der Waals surface area contributed by atoms with E-state index >= 15 is 0 Å². The highest BCUT2D eigenvalue weighted by atomic mass is 32.2. The van der Waals surface area contributed by atoms with Crippen LogP contribution in [-0.4, -0.2) is 50.3 Å². The van der Waals surface area contributed by atoms with E-state index in [1.54, 1.807) is 6.07 Å². The molecule has 136 valence electrons. The zero-order valence-electron chi connectivity index (χ0n) is 14.0. The highest BCUT2D eigenvalue weighted by Crippen LogP contribution is 2.15. The van der Waals surface area contributed by atoms with Gasteiger partial charge in [0.2, 0.25) is 0 Å². The van der Waals surface area contributed by atoms with Gasteiger partial charge in [0, 0.05) is 6.42 Å². The van der Waals surface area contributed by atoms with Crippen molar-refractivity contribution in [1.29, 1.82) is 0 Å². The maximum Gasteiger partial charge on any atom is 0.321 e. The van der Waals surface area contributed by atoms with Crippen LogP contribution < -0.4 is 0 Å². The van der Waals surface area contributed by atoms with Crippen molar-refractivity contribution < 1.29 is 32.7 Å². The summed E-state index contributed by atoms with van der Waals surface area (Å²) in [4.78, 5) is 22.9.